The van der Waals surface area contributed by atoms with Gasteiger partial charge in [-0.05, 0) is 29.5 Å². The zero-order valence-electron chi connectivity index (χ0n) is 11.2. The van der Waals surface area contributed by atoms with Crippen molar-refractivity contribution in [2.75, 3.05) is 0 Å². The van der Waals surface area contributed by atoms with E-state index in [1.54, 1.807) is 11.3 Å². The van der Waals surface area contributed by atoms with E-state index in [1.807, 2.05) is 43.5 Å². The van der Waals surface area contributed by atoms with Crippen molar-refractivity contribution in [1.82, 2.24) is 5.32 Å². The number of carboxylic acid groups (broad SMARTS) is 1. The summed E-state index contributed by atoms with van der Waals surface area (Å²) in [6.07, 6.45) is 0. The van der Waals surface area contributed by atoms with Crippen molar-refractivity contribution in [2.24, 2.45) is 5.92 Å². The lowest BCUT2D eigenvalue weighted by atomic mass is 10.0. The first-order valence-electron chi connectivity index (χ1n) is 6.26. The summed E-state index contributed by atoms with van der Waals surface area (Å²) in [5.41, 5.74) is 0. The molecule has 20 heavy (non-hydrogen) atoms. The average molecular weight is 330 g/mol. The summed E-state index contributed by atoms with van der Waals surface area (Å²) in [5.74, 6) is -0.824. The van der Waals surface area contributed by atoms with Crippen molar-refractivity contribution < 1.29 is 9.90 Å². The maximum Gasteiger partial charge on any atom is 0.320 e. The van der Waals surface area contributed by atoms with Gasteiger partial charge in [-0.25, -0.2) is 0 Å². The molecular formula is C14H16ClNO2S2. The molecule has 2 heterocycles. The normalized spacial score (nSPS) is 14.4. The van der Waals surface area contributed by atoms with Crippen LogP contribution in [0.4, 0.5) is 0 Å². The van der Waals surface area contributed by atoms with Gasteiger partial charge in [-0.1, -0.05) is 31.5 Å². The van der Waals surface area contributed by atoms with E-state index in [9.17, 15) is 9.90 Å². The first kappa shape index (κ1) is 15.5. The molecule has 2 atom stereocenters. The van der Waals surface area contributed by atoms with E-state index in [-0.39, 0.29) is 12.0 Å². The van der Waals surface area contributed by atoms with Crippen LogP contribution in [0.2, 0.25) is 4.34 Å². The van der Waals surface area contributed by atoms with Gasteiger partial charge in [0.25, 0.3) is 0 Å². The molecule has 0 saturated carbocycles. The Hall–Kier alpha value is -0.880. The van der Waals surface area contributed by atoms with Crippen molar-refractivity contribution >= 4 is 40.2 Å². The van der Waals surface area contributed by atoms with E-state index in [4.69, 9.17) is 11.6 Å². The van der Waals surface area contributed by atoms with Crippen molar-refractivity contribution in [2.45, 2.75) is 25.9 Å². The van der Waals surface area contributed by atoms with E-state index in [1.165, 1.54) is 11.3 Å². The van der Waals surface area contributed by atoms with Gasteiger partial charge in [-0.3, -0.25) is 10.1 Å². The maximum absolute atomic E-state index is 11.4. The molecule has 0 amide bonds. The number of rotatable bonds is 6. The first-order chi connectivity index (χ1) is 9.49. The second kappa shape index (κ2) is 6.72. The van der Waals surface area contributed by atoms with Gasteiger partial charge in [-0.15, -0.1) is 22.7 Å². The van der Waals surface area contributed by atoms with Crippen LogP contribution in [0.5, 0.6) is 0 Å². The number of thiophene rings is 2. The molecule has 2 unspecified atom stereocenters. The Kier molecular flexibility index (Phi) is 5.21. The Labute approximate surface area is 131 Å². The smallest absolute Gasteiger partial charge is 0.320 e. The van der Waals surface area contributed by atoms with Crippen molar-refractivity contribution in [3.8, 4) is 0 Å². The second-order valence-corrected chi connectivity index (χ2v) is 7.54. The van der Waals surface area contributed by atoms with Crippen LogP contribution >= 0.6 is 34.3 Å². The highest BCUT2D eigenvalue weighted by atomic mass is 35.5. The minimum absolute atomic E-state index is 0.00500. The molecule has 2 rings (SSSR count). The van der Waals surface area contributed by atoms with E-state index >= 15 is 0 Å². The third-order valence-electron chi connectivity index (χ3n) is 2.99. The number of halogens is 1. The molecule has 0 radical (unpaired) electrons. The van der Waals surface area contributed by atoms with Gasteiger partial charge in [0, 0.05) is 9.75 Å². The maximum atomic E-state index is 11.4. The third kappa shape index (κ3) is 3.61. The highest BCUT2D eigenvalue weighted by Crippen LogP contribution is 2.33. The van der Waals surface area contributed by atoms with Crippen LogP contribution in [-0.4, -0.2) is 17.1 Å². The summed E-state index contributed by atoms with van der Waals surface area (Å²) >= 11 is 9.09. The molecule has 0 bridgehead atoms. The number of carboxylic acids is 1. The summed E-state index contributed by atoms with van der Waals surface area (Å²) in [6.45, 7) is 3.80. The van der Waals surface area contributed by atoms with Crippen LogP contribution < -0.4 is 5.32 Å². The van der Waals surface area contributed by atoms with Crippen molar-refractivity contribution in [3.05, 3.63) is 43.7 Å². The Balaban J connectivity index is 2.30. The Morgan fingerprint density at radius 3 is 2.50 bits per heavy atom. The van der Waals surface area contributed by atoms with Crippen molar-refractivity contribution in [3.63, 3.8) is 0 Å². The van der Waals surface area contributed by atoms with Crippen LogP contribution in [0, 0.1) is 5.92 Å². The molecule has 0 fully saturated rings. The van der Waals surface area contributed by atoms with E-state index in [2.05, 4.69) is 5.32 Å². The molecule has 2 N–H and O–H groups in total. The lowest BCUT2D eigenvalue weighted by molar-refractivity contribution is -0.140. The van der Waals surface area contributed by atoms with Crippen LogP contribution in [0.3, 0.4) is 0 Å². The highest BCUT2D eigenvalue weighted by molar-refractivity contribution is 7.16. The zero-order chi connectivity index (χ0) is 14.7. The van der Waals surface area contributed by atoms with Crippen LogP contribution in [0.25, 0.3) is 0 Å². The van der Waals surface area contributed by atoms with Gasteiger partial charge in [-0.2, -0.15) is 0 Å². The molecule has 3 nitrogen and oxygen atoms in total. The predicted octanol–water partition coefficient (Wildman–Crippen LogP) is 4.25. The molecule has 0 spiro atoms. The summed E-state index contributed by atoms with van der Waals surface area (Å²) in [6, 6.07) is 7.04. The van der Waals surface area contributed by atoms with Gasteiger partial charge in [0.15, 0.2) is 0 Å². The molecule has 0 aliphatic heterocycles. The summed E-state index contributed by atoms with van der Waals surface area (Å²) in [7, 11) is 0. The monoisotopic (exact) mass is 329 g/mol. The Bertz CT molecular complexity index is 566. The molecule has 0 saturated heterocycles. The molecule has 0 aliphatic carbocycles. The lowest BCUT2D eigenvalue weighted by Crippen LogP contribution is -2.42. The average Bonchev–Trinajstić information content (AvgIpc) is 3.00. The fourth-order valence-electron chi connectivity index (χ4n) is 1.97. The van der Waals surface area contributed by atoms with Crippen LogP contribution in [0.15, 0.2) is 29.6 Å². The summed E-state index contributed by atoms with van der Waals surface area (Å²) in [5, 5.41) is 14.6. The minimum Gasteiger partial charge on any atom is -0.480 e. The van der Waals surface area contributed by atoms with E-state index < -0.39 is 12.0 Å². The van der Waals surface area contributed by atoms with Crippen LogP contribution in [0.1, 0.15) is 29.6 Å². The first-order valence-corrected chi connectivity index (χ1v) is 8.34. The van der Waals surface area contributed by atoms with Crippen LogP contribution in [-0.2, 0) is 4.79 Å². The van der Waals surface area contributed by atoms with Gasteiger partial charge in [0.1, 0.15) is 6.04 Å². The molecule has 0 aromatic carbocycles. The number of nitrogens with one attached hydrogen (secondary N) is 1. The fourth-order valence-corrected chi connectivity index (χ4v) is 3.99. The minimum atomic E-state index is -0.829. The number of hydrogen-bond acceptors (Lipinski definition) is 4. The molecular weight excluding hydrogens is 314 g/mol. The highest BCUT2D eigenvalue weighted by Gasteiger charge is 2.27. The van der Waals surface area contributed by atoms with Gasteiger partial charge < -0.3 is 5.11 Å². The quantitative estimate of drug-likeness (QED) is 0.833. The second-order valence-electron chi connectivity index (χ2n) is 4.82. The molecule has 108 valence electrons. The number of hydrogen-bond donors (Lipinski definition) is 2. The van der Waals surface area contributed by atoms with E-state index in [0.29, 0.717) is 4.34 Å². The number of carbonyl (C=O) groups is 1. The molecule has 6 heteroatoms. The van der Waals surface area contributed by atoms with Crippen molar-refractivity contribution in [1.29, 1.82) is 0 Å². The SMILES string of the molecule is CC(C)C(NC(c1cccs1)c1ccc(Cl)s1)C(=O)O. The molecule has 2 aromatic rings. The van der Waals surface area contributed by atoms with Gasteiger partial charge >= 0.3 is 5.97 Å². The lowest BCUT2D eigenvalue weighted by Gasteiger charge is -2.24. The molecule has 0 aliphatic rings. The van der Waals surface area contributed by atoms with E-state index in [0.717, 1.165) is 9.75 Å². The van der Waals surface area contributed by atoms with Gasteiger partial charge in [0.2, 0.25) is 0 Å². The Morgan fingerprint density at radius 2 is 2.05 bits per heavy atom. The molecule has 2 aromatic heterocycles. The largest absolute Gasteiger partial charge is 0.480 e. The topological polar surface area (TPSA) is 49.3 Å². The third-order valence-corrected chi connectivity index (χ3v) is 5.22. The standard InChI is InChI=1S/C14H16ClNO2S2/c1-8(2)12(14(17)18)16-13(9-4-3-7-19-9)10-5-6-11(15)20-10/h3-8,12-13,16H,1-2H3,(H,17,18). The Morgan fingerprint density at radius 1 is 1.30 bits per heavy atom. The summed E-state index contributed by atoms with van der Waals surface area (Å²) in [4.78, 5) is 13.5. The number of aliphatic carboxylic acids is 1. The van der Waals surface area contributed by atoms with Gasteiger partial charge in [0.05, 0.1) is 10.4 Å². The predicted molar refractivity (Wildman–Crippen MR) is 84.9 cm³/mol. The zero-order valence-corrected chi connectivity index (χ0v) is 13.6. The summed E-state index contributed by atoms with van der Waals surface area (Å²) < 4.78 is 0.708. The fraction of sp³-hybridized carbons (Fsp3) is 0.357.